The molecule has 0 atom stereocenters. The van der Waals surface area contributed by atoms with E-state index in [0.29, 0.717) is 0 Å². The lowest BCUT2D eigenvalue weighted by molar-refractivity contribution is 1.31. The first-order valence-electron chi connectivity index (χ1n) is 9.32. The Morgan fingerprint density at radius 3 is 1.57 bits per heavy atom. The second-order valence-corrected chi connectivity index (χ2v) is 8.06. The fourth-order valence-electron chi connectivity index (χ4n) is 3.83. The summed E-state index contributed by atoms with van der Waals surface area (Å²) in [6.07, 6.45) is 0. The summed E-state index contributed by atoms with van der Waals surface area (Å²) >= 11 is 2.39. The van der Waals surface area contributed by atoms with Crippen LogP contribution in [0, 0.1) is 3.57 Å². The van der Waals surface area contributed by atoms with E-state index in [9.17, 15) is 0 Å². The smallest absolute Gasteiger partial charge is 0.0540 e. The van der Waals surface area contributed by atoms with Gasteiger partial charge in [0, 0.05) is 20.0 Å². The molecule has 0 aliphatic heterocycles. The molecule has 0 heterocycles. The van der Waals surface area contributed by atoms with E-state index < -0.39 is 0 Å². The normalized spacial score (nSPS) is 11.0. The summed E-state index contributed by atoms with van der Waals surface area (Å²) in [5, 5.41) is 4.99. The summed E-state index contributed by atoms with van der Waals surface area (Å²) in [5.74, 6) is 0. The molecular weight excluding hydrogens is 453 g/mol. The number of anilines is 3. The van der Waals surface area contributed by atoms with E-state index >= 15 is 0 Å². The molecule has 0 aliphatic rings. The average Bonchev–Trinajstić information content (AvgIpc) is 2.74. The van der Waals surface area contributed by atoms with Gasteiger partial charge in [-0.05, 0) is 63.7 Å². The van der Waals surface area contributed by atoms with Gasteiger partial charge in [0.25, 0.3) is 0 Å². The van der Waals surface area contributed by atoms with Crippen LogP contribution in [0.4, 0.5) is 17.1 Å². The highest BCUT2D eigenvalue weighted by Gasteiger charge is 2.17. The molecule has 5 aromatic rings. The largest absolute Gasteiger partial charge is 0.309 e. The van der Waals surface area contributed by atoms with Gasteiger partial charge in [-0.1, -0.05) is 78.9 Å². The molecule has 0 bridgehead atoms. The van der Waals surface area contributed by atoms with Crippen LogP contribution in [0.15, 0.2) is 109 Å². The van der Waals surface area contributed by atoms with Gasteiger partial charge in [-0.3, -0.25) is 0 Å². The topological polar surface area (TPSA) is 3.24 Å². The fraction of sp³-hybridized carbons (Fsp3) is 0. The van der Waals surface area contributed by atoms with Crippen molar-refractivity contribution >= 4 is 61.2 Å². The summed E-state index contributed by atoms with van der Waals surface area (Å²) in [4.78, 5) is 2.38. The summed E-state index contributed by atoms with van der Waals surface area (Å²) in [7, 11) is 0. The number of fused-ring (bicyclic) bond motifs is 2. The maximum Gasteiger partial charge on any atom is 0.0540 e. The first kappa shape index (κ1) is 17.3. The summed E-state index contributed by atoms with van der Waals surface area (Å²) in [5.41, 5.74) is 3.55. The number of hydrogen-bond acceptors (Lipinski definition) is 1. The van der Waals surface area contributed by atoms with Gasteiger partial charge in [-0.15, -0.1) is 0 Å². The maximum absolute atomic E-state index is 2.39. The predicted octanol–water partition coefficient (Wildman–Crippen LogP) is 8.07. The minimum Gasteiger partial charge on any atom is -0.309 e. The van der Waals surface area contributed by atoms with Crippen LogP contribution >= 0.6 is 22.6 Å². The average molecular weight is 471 g/mol. The molecule has 5 rings (SSSR count). The Morgan fingerprint density at radius 2 is 1.00 bits per heavy atom. The molecule has 0 aromatic heterocycles. The van der Waals surface area contributed by atoms with Crippen LogP contribution < -0.4 is 4.90 Å². The molecule has 0 aliphatic carbocycles. The Labute approximate surface area is 178 Å². The second kappa shape index (κ2) is 7.28. The predicted molar refractivity (Wildman–Crippen MR) is 129 cm³/mol. The third-order valence-corrected chi connectivity index (χ3v) is 5.75. The Hall–Kier alpha value is -2.85. The van der Waals surface area contributed by atoms with E-state index in [1.54, 1.807) is 0 Å². The van der Waals surface area contributed by atoms with Gasteiger partial charge in [0.2, 0.25) is 0 Å². The van der Waals surface area contributed by atoms with E-state index in [1.165, 1.54) is 42.2 Å². The molecule has 2 heteroatoms. The summed E-state index contributed by atoms with van der Waals surface area (Å²) < 4.78 is 1.22. The minimum atomic E-state index is 1.17. The van der Waals surface area contributed by atoms with E-state index in [2.05, 4.69) is 137 Å². The van der Waals surface area contributed by atoms with Crippen molar-refractivity contribution in [1.82, 2.24) is 0 Å². The number of nitrogens with zero attached hydrogens (tertiary/aromatic N) is 1. The van der Waals surface area contributed by atoms with Gasteiger partial charge in [0.15, 0.2) is 0 Å². The number of hydrogen-bond donors (Lipinski definition) is 0. The third kappa shape index (κ3) is 3.04. The standard InChI is InChI=1S/C26H18IN/c27-21-12-7-13-22(18-21)28(25-16-5-10-19-8-1-3-14-23(19)25)26-17-6-11-20-9-2-4-15-24(20)26/h1-18H. The first-order valence-corrected chi connectivity index (χ1v) is 10.4. The van der Waals surface area contributed by atoms with Crippen LogP contribution in [0.2, 0.25) is 0 Å². The zero-order valence-corrected chi connectivity index (χ0v) is 17.4. The molecule has 0 unspecified atom stereocenters. The highest BCUT2D eigenvalue weighted by Crippen LogP contribution is 2.41. The van der Waals surface area contributed by atoms with Crippen LogP contribution in [-0.4, -0.2) is 0 Å². The van der Waals surface area contributed by atoms with Crippen LogP contribution in [-0.2, 0) is 0 Å². The molecule has 0 amide bonds. The lowest BCUT2D eigenvalue weighted by Gasteiger charge is -2.28. The zero-order chi connectivity index (χ0) is 18.9. The molecule has 0 spiro atoms. The van der Waals surface area contributed by atoms with Gasteiger partial charge in [0.1, 0.15) is 0 Å². The number of halogens is 1. The molecule has 134 valence electrons. The third-order valence-electron chi connectivity index (χ3n) is 5.08. The van der Waals surface area contributed by atoms with Gasteiger partial charge in [0.05, 0.1) is 11.4 Å². The lowest BCUT2D eigenvalue weighted by atomic mass is 10.0. The minimum absolute atomic E-state index is 1.17. The Balaban J connectivity index is 1.86. The molecule has 0 N–H and O–H groups in total. The van der Waals surface area contributed by atoms with Gasteiger partial charge < -0.3 is 4.90 Å². The van der Waals surface area contributed by atoms with Crippen LogP contribution in [0.5, 0.6) is 0 Å². The highest BCUT2D eigenvalue weighted by atomic mass is 127. The van der Waals surface area contributed by atoms with Crippen molar-refractivity contribution in [1.29, 1.82) is 0 Å². The molecule has 0 saturated carbocycles. The van der Waals surface area contributed by atoms with Crippen LogP contribution in [0.1, 0.15) is 0 Å². The van der Waals surface area contributed by atoms with Crippen molar-refractivity contribution < 1.29 is 0 Å². The van der Waals surface area contributed by atoms with E-state index in [1.807, 2.05) is 0 Å². The quantitative estimate of drug-likeness (QED) is 0.241. The molecule has 0 fully saturated rings. The zero-order valence-electron chi connectivity index (χ0n) is 15.2. The van der Waals surface area contributed by atoms with Gasteiger partial charge >= 0.3 is 0 Å². The Morgan fingerprint density at radius 1 is 0.500 bits per heavy atom. The number of benzene rings is 5. The Kier molecular flexibility index (Phi) is 4.49. The molecule has 1 nitrogen and oxygen atoms in total. The monoisotopic (exact) mass is 471 g/mol. The van der Waals surface area contributed by atoms with E-state index in [0.717, 1.165) is 0 Å². The summed E-state index contributed by atoms with van der Waals surface area (Å²) in [6, 6.07) is 38.9. The molecule has 0 saturated heterocycles. The van der Waals surface area contributed by atoms with Crippen molar-refractivity contribution in [2.45, 2.75) is 0 Å². The summed E-state index contributed by atoms with van der Waals surface area (Å²) in [6.45, 7) is 0. The molecule has 28 heavy (non-hydrogen) atoms. The molecule has 0 radical (unpaired) electrons. The maximum atomic E-state index is 2.39. The first-order chi connectivity index (χ1) is 13.8. The molecule has 5 aromatic carbocycles. The van der Waals surface area contributed by atoms with Gasteiger partial charge in [-0.25, -0.2) is 0 Å². The SMILES string of the molecule is Ic1cccc(N(c2cccc3ccccc23)c2cccc3ccccc23)c1. The van der Waals surface area contributed by atoms with Crippen molar-refractivity contribution in [2.75, 3.05) is 4.90 Å². The van der Waals surface area contributed by atoms with Crippen LogP contribution in [0.3, 0.4) is 0 Å². The van der Waals surface area contributed by atoms with Crippen LogP contribution in [0.25, 0.3) is 21.5 Å². The highest BCUT2D eigenvalue weighted by molar-refractivity contribution is 14.1. The van der Waals surface area contributed by atoms with Crippen molar-refractivity contribution in [2.24, 2.45) is 0 Å². The van der Waals surface area contributed by atoms with E-state index in [4.69, 9.17) is 0 Å². The second-order valence-electron chi connectivity index (χ2n) is 6.81. The fourth-order valence-corrected chi connectivity index (χ4v) is 4.36. The molecular formula is C26H18IN. The van der Waals surface area contributed by atoms with Crippen molar-refractivity contribution in [3.8, 4) is 0 Å². The van der Waals surface area contributed by atoms with Crippen molar-refractivity contribution in [3.05, 3.63) is 113 Å². The number of rotatable bonds is 3. The van der Waals surface area contributed by atoms with Crippen molar-refractivity contribution in [3.63, 3.8) is 0 Å². The lowest BCUT2D eigenvalue weighted by Crippen LogP contribution is -2.11. The van der Waals surface area contributed by atoms with Gasteiger partial charge in [-0.2, -0.15) is 0 Å². The Bertz CT molecular complexity index is 1200. The van der Waals surface area contributed by atoms with E-state index in [-0.39, 0.29) is 0 Å².